The Kier molecular flexibility index (Phi) is 6.18. The van der Waals surface area contributed by atoms with Gasteiger partial charge >= 0.3 is 0 Å². The number of fused-ring (bicyclic) bond motifs is 1. The van der Waals surface area contributed by atoms with Crippen LogP contribution in [0.3, 0.4) is 0 Å². The molecule has 33 heavy (non-hydrogen) atoms. The number of aromatic nitrogens is 2. The van der Waals surface area contributed by atoms with Gasteiger partial charge in [-0.05, 0) is 36.8 Å². The van der Waals surface area contributed by atoms with Gasteiger partial charge in [0.25, 0.3) is 5.91 Å². The molecule has 0 aliphatic carbocycles. The van der Waals surface area contributed by atoms with Gasteiger partial charge in [-0.2, -0.15) is 0 Å². The lowest BCUT2D eigenvalue weighted by Gasteiger charge is -2.24. The van der Waals surface area contributed by atoms with Gasteiger partial charge in [0.05, 0.1) is 22.8 Å². The van der Waals surface area contributed by atoms with Crippen molar-refractivity contribution in [3.63, 3.8) is 0 Å². The van der Waals surface area contributed by atoms with E-state index in [4.69, 9.17) is 11.6 Å². The van der Waals surface area contributed by atoms with E-state index in [1.165, 1.54) is 46.6 Å². The van der Waals surface area contributed by atoms with E-state index in [1.807, 2.05) is 14.1 Å². The Morgan fingerprint density at radius 3 is 2.58 bits per heavy atom. The number of pyridine rings is 1. The zero-order chi connectivity index (χ0) is 23.9. The molecule has 0 fully saturated rings. The second-order valence-electron chi connectivity index (χ2n) is 7.62. The number of para-hydroxylation sites is 1. The third-order valence-electron chi connectivity index (χ3n) is 5.06. The van der Waals surface area contributed by atoms with Crippen LogP contribution in [0.4, 0.5) is 19.6 Å². The Hall–Kier alpha value is -3.30. The number of aryl methyl sites for hydroxylation is 1. The number of nitrogens with one attached hydrogen (secondary N) is 1. The zero-order valence-corrected chi connectivity index (χ0v) is 19.5. The fraction of sp³-hybridized carbons (Fsp3) is 0.174. The van der Waals surface area contributed by atoms with Crippen molar-refractivity contribution in [2.45, 2.75) is 13.5 Å². The van der Waals surface area contributed by atoms with Crippen molar-refractivity contribution in [3.8, 4) is 0 Å². The molecule has 10 heteroatoms. The Labute approximate surface area is 197 Å². The van der Waals surface area contributed by atoms with E-state index in [9.17, 15) is 18.4 Å². The fourth-order valence-corrected chi connectivity index (χ4v) is 4.56. The highest BCUT2D eigenvalue weighted by molar-refractivity contribution is 7.17. The molecule has 1 N–H and O–H groups in total. The van der Waals surface area contributed by atoms with Crippen molar-refractivity contribution in [1.29, 1.82) is 0 Å². The van der Waals surface area contributed by atoms with E-state index >= 15 is 0 Å². The number of halogens is 3. The summed E-state index contributed by atoms with van der Waals surface area (Å²) in [5.74, 6) is -1.60. The number of nitrogens with zero attached hydrogens (tertiary/aromatic N) is 3. The number of H-pyrrole nitrogens is 1. The Bertz CT molecular complexity index is 1430. The summed E-state index contributed by atoms with van der Waals surface area (Å²) in [5, 5.41) is 0.953. The van der Waals surface area contributed by atoms with Crippen LogP contribution < -0.4 is 15.4 Å². The van der Waals surface area contributed by atoms with Gasteiger partial charge in [0.1, 0.15) is 16.5 Å². The van der Waals surface area contributed by atoms with Crippen LogP contribution in [0, 0.1) is 18.6 Å². The first kappa shape index (κ1) is 22.9. The molecule has 2 aromatic heterocycles. The lowest BCUT2D eigenvalue weighted by molar-refractivity contribution is 0.0988. The lowest BCUT2D eigenvalue weighted by Crippen LogP contribution is -2.31. The van der Waals surface area contributed by atoms with E-state index in [1.54, 1.807) is 17.9 Å². The molecule has 0 aliphatic heterocycles. The normalized spacial score (nSPS) is 11.1. The average Bonchev–Trinajstić information content (AvgIpc) is 3.16. The van der Waals surface area contributed by atoms with E-state index in [2.05, 4.69) is 9.97 Å². The van der Waals surface area contributed by atoms with Crippen LogP contribution in [0.25, 0.3) is 10.9 Å². The van der Waals surface area contributed by atoms with Crippen molar-refractivity contribution in [1.82, 2.24) is 9.97 Å². The van der Waals surface area contributed by atoms with Gasteiger partial charge in [-0.15, -0.1) is 0 Å². The molecule has 1 amide bonds. The molecule has 170 valence electrons. The second kappa shape index (κ2) is 8.92. The van der Waals surface area contributed by atoms with Crippen LogP contribution in [-0.2, 0) is 6.54 Å². The molecule has 4 aromatic rings. The minimum atomic E-state index is -0.625. The summed E-state index contributed by atoms with van der Waals surface area (Å²) in [6, 6.07) is 9.68. The molecular weight excluding hydrogens is 470 g/mol. The SMILES string of the molecule is Cc1nc(N(C)C)sc1C(=O)N(Cc1cc(=O)[nH]c2c(F)cccc12)c1ccc(F)c(Cl)c1. The maximum atomic E-state index is 14.3. The summed E-state index contributed by atoms with van der Waals surface area (Å²) in [6.07, 6.45) is 0. The monoisotopic (exact) mass is 488 g/mol. The van der Waals surface area contributed by atoms with Gasteiger partial charge in [0.15, 0.2) is 5.13 Å². The number of carbonyl (C=O) groups excluding carboxylic acids is 1. The number of benzene rings is 2. The van der Waals surface area contributed by atoms with Gasteiger partial charge in [-0.3, -0.25) is 9.59 Å². The average molecular weight is 489 g/mol. The second-order valence-corrected chi connectivity index (χ2v) is 9.00. The van der Waals surface area contributed by atoms with Crippen molar-refractivity contribution < 1.29 is 13.6 Å². The molecule has 6 nitrogen and oxygen atoms in total. The number of carbonyl (C=O) groups is 1. The molecule has 0 aliphatic rings. The highest BCUT2D eigenvalue weighted by atomic mass is 35.5. The first-order chi connectivity index (χ1) is 15.7. The van der Waals surface area contributed by atoms with Crippen molar-refractivity contribution in [2.24, 2.45) is 0 Å². The van der Waals surface area contributed by atoms with Crippen molar-refractivity contribution >= 4 is 50.6 Å². The smallest absolute Gasteiger partial charge is 0.270 e. The maximum Gasteiger partial charge on any atom is 0.270 e. The van der Waals surface area contributed by atoms with E-state index < -0.39 is 23.1 Å². The minimum Gasteiger partial charge on any atom is -0.354 e. The summed E-state index contributed by atoms with van der Waals surface area (Å²) in [6.45, 7) is 1.66. The number of rotatable bonds is 5. The third-order valence-corrected chi connectivity index (χ3v) is 6.67. The van der Waals surface area contributed by atoms with E-state index in [0.29, 0.717) is 32.3 Å². The van der Waals surface area contributed by atoms with Crippen LogP contribution in [0.1, 0.15) is 20.9 Å². The number of amides is 1. The zero-order valence-electron chi connectivity index (χ0n) is 17.9. The Morgan fingerprint density at radius 1 is 1.15 bits per heavy atom. The van der Waals surface area contributed by atoms with Crippen molar-refractivity contribution in [3.05, 3.63) is 85.6 Å². The van der Waals surface area contributed by atoms with E-state index in [-0.39, 0.29) is 17.1 Å². The molecule has 0 spiro atoms. The first-order valence-corrected chi connectivity index (χ1v) is 11.1. The molecule has 0 bridgehead atoms. The molecule has 2 aromatic carbocycles. The molecule has 0 atom stereocenters. The first-order valence-electron chi connectivity index (χ1n) is 9.88. The fourth-order valence-electron chi connectivity index (χ4n) is 3.44. The molecular formula is C23H19ClF2N4O2S. The van der Waals surface area contributed by atoms with Gasteiger partial charge < -0.3 is 14.8 Å². The highest BCUT2D eigenvalue weighted by Crippen LogP contribution is 2.31. The molecule has 0 saturated heterocycles. The number of anilines is 2. The Balaban J connectivity index is 1.87. The van der Waals surface area contributed by atoms with Crippen LogP contribution >= 0.6 is 22.9 Å². The minimum absolute atomic E-state index is 0.0494. The van der Waals surface area contributed by atoms with Crippen LogP contribution in [0.2, 0.25) is 5.02 Å². The number of hydrogen-bond acceptors (Lipinski definition) is 5. The summed E-state index contributed by atoms with van der Waals surface area (Å²) in [7, 11) is 3.64. The molecule has 0 saturated carbocycles. The lowest BCUT2D eigenvalue weighted by atomic mass is 10.1. The van der Waals surface area contributed by atoms with E-state index in [0.717, 1.165) is 6.07 Å². The number of thiazole rings is 1. The molecule has 0 radical (unpaired) electrons. The summed E-state index contributed by atoms with van der Waals surface area (Å²) in [4.78, 5) is 36.4. The Morgan fingerprint density at radius 2 is 1.91 bits per heavy atom. The summed E-state index contributed by atoms with van der Waals surface area (Å²) < 4.78 is 28.2. The van der Waals surface area contributed by atoms with Crippen LogP contribution in [-0.4, -0.2) is 30.0 Å². The molecule has 4 rings (SSSR count). The van der Waals surface area contributed by atoms with Crippen molar-refractivity contribution in [2.75, 3.05) is 23.9 Å². The predicted octanol–water partition coefficient (Wildman–Crippen LogP) is 5.14. The van der Waals surface area contributed by atoms with Gasteiger partial charge in [0, 0.05) is 31.2 Å². The topological polar surface area (TPSA) is 69.3 Å². The number of hydrogen-bond donors (Lipinski definition) is 1. The van der Waals surface area contributed by atoms with Gasteiger partial charge in [0.2, 0.25) is 5.56 Å². The van der Waals surface area contributed by atoms with Crippen LogP contribution in [0.15, 0.2) is 47.3 Å². The molecule has 0 unspecified atom stereocenters. The predicted molar refractivity (Wildman–Crippen MR) is 128 cm³/mol. The van der Waals surface area contributed by atoms with Gasteiger partial charge in [-0.1, -0.05) is 35.1 Å². The quantitative estimate of drug-likeness (QED) is 0.422. The number of aromatic amines is 1. The largest absolute Gasteiger partial charge is 0.354 e. The van der Waals surface area contributed by atoms with Gasteiger partial charge in [-0.25, -0.2) is 13.8 Å². The third kappa shape index (κ3) is 4.46. The maximum absolute atomic E-state index is 14.3. The standard InChI is InChI=1S/C23H19ClF2N4O2S/c1-12-21(33-23(27-12)29(2)3)22(32)30(14-7-8-17(25)16(24)10-14)11-13-9-19(31)28-20-15(13)5-4-6-18(20)26/h4-10H,11H2,1-3H3,(H,28,31). The summed E-state index contributed by atoms with van der Waals surface area (Å²) >= 11 is 7.21. The highest BCUT2D eigenvalue weighted by Gasteiger charge is 2.25. The molecule has 2 heterocycles. The summed E-state index contributed by atoms with van der Waals surface area (Å²) in [5.41, 5.74) is 0.839. The van der Waals surface area contributed by atoms with Crippen LogP contribution in [0.5, 0.6) is 0 Å².